The second-order valence-corrected chi connectivity index (χ2v) is 3.15. The van der Waals surface area contributed by atoms with Crippen molar-refractivity contribution in [3.8, 4) is 5.75 Å². The number of nitrogens with two attached hydrogens (primary N) is 1. The minimum atomic E-state index is -2.98. The molecule has 0 heterocycles. The number of carbonyl (C=O) groups excluding carboxylic acids is 1. The zero-order valence-electron chi connectivity index (χ0n) is 7.76. The lowest BCUT2D eigenvalue weighted by Gasteiger charge is -2.10. The van der Waals surface area contributed by atoms with Gasteiger partial charge in [0.05, 0.1) is 10.7 Å². The molecule has 0 bridgehead atoms. The van der Waals surface area contributed by atoms with E-state index >= 15 is 0 Å². The fourth-order valence-electron chi connectivity index (χ4n) is 1.05. The van der Waals surface area contributed by atoms with Crippen LogP contribution in [-0.4, -0.2) is 12.4 Å². The molecule has 3 nitrogen and oxygen atoms in total. The summed E-state index contributed by atoms with van der Waals surface area (Å²) in [5.74, 6) is -0.532. The number of benzene rings is 1. The van der Waals surface area contributed by atoms with Gasteiger partial charge >= 0.3 is 6.61 Å². The molecule has 0 unspecified atom stereocenters. The summed E-state index contributed by atoms with van der Waals surface area (Å²) < 4.78 is 27.9. The molecule has 1 rings (SSSR count). The maximum atomic E-state index is 11.9. The zero-order valence-corrected chi connectivity index (χ0v) is 8.52. The van der Waals surface area contributed by atoms with Crippen LogP contribution in [0, 0.1) is 0 Å². The number of hydrogen-bond donors (Lipinski definition) is 1. The third-order valence-corrected chi connectivity index (χ3v) is 2.14. The minimum absolute atomic E-state index is 0.0688. The number of ether oxygens (including phenoxy) is 1. The summed E-state index contributed by atoms with van der Waals surface area (Å²) in [6.07, 6.45) is 0. The van der Waals surface area contributed by atoms with Gasteiger partial charge in [-0.3, -0.25) is 4.79 Å². The van der Waals surface area contributed by atoms with Gasteiger partial charge in [-0.1, -0.05) is 11.6 Å². The summed E-state index contributed by atoms with van der Waals surface area (Å²) in [5, 5.41) is -0.0688. The largest absolute Gasteiger partial charge is 0.433 e. The summed E-state index contributed by atoms with van der Waals surface area (Å²) in [6.45, 7) is -1.68. The molecule has 0 aromatic heterocycles. The van der Waals surface area contributed by atoms with Gasteiger partial charge in [-0.25, -0.2) is 0 Å². The van der Waals surface area contributed by atoms with Gasteiger partial charge in [-0.15, -0.1) is 0 Å². The van der Waals surface area contributed by atoms with E-state index in [4.69, 9.17) is 17.3 Å². The van der Waals surface area contributed by atoms with Gasteiger partial charge in [0.15, 0.2) is 11.5 Å². The molecule has 15 heavy (non-hydrogen) atoms. The number of carbonyl (C=O) groups is 1. The summed E-state index contributed by atoms with van der Waals surface area (Å²) in [7, 11) is 0. The van der Waals surface area contributed by atoms with Gasteiger partial charge in [0.1, 0.15) is 0 Å². The van der Waals surface area contributed by atoms with Crippen molar-refractivity contribution in [3.63, 3.8) is 0 Å². The summed E-state index contributed by atoms with van der Waals surface area (Å²) >= 11 is 5.71. The Bertz CT molecular complexity index is 396. The van der Waals surface area contributed by atoms with Gasteiger partial charge in [-0.05, 0) is 19.1 Å². The normalized spacial score (nSPS) is 10.5. The van der Waals surface area contributed by atoms with E-state index in [1.807, 2.05) is 0 Å². The number of Topliss-reactive ketones (excluding diaryl/α,β-unsaturated/α-hetero) is 1. The molecule has 0 aliphatic carbocycles. The Hall–Kier alpha value is -1.36. The maximum absolute atomic E-state index is 11.9. The second-order valence-electron chi connectivity index (χ2n) is 2.77. The number of anilines is 1. The van der Waals surface area contributed by atoms with Crippen molar-refractivity contribution in [3.05, 3.63) is 22.7 Å². The van der Waals surface area contributed by atoms with Crippen molar-refractivity contribution in [2.24, 2.45) is 0 Å². The van der Waals surface area contributed by atoms with Crippen molar-refractivity contribution in [2.45, 2.75) is 13.5 Å². The van der Waals surface area contributed by atoms with E-state index in [0.717, 1.165) is 0 Å². The molecule has 0 saturated carbocycles. The van der Waals surface area contributed by atoms with Gasteiger partial charge in [0.2, 0.25) is 0 Å². The first-order valence-corrected chi connectivity index (χ1v) is 4.35. The molecule has 0 amide bonds. The van der Waals surface area contributed by atoms with Crippen molar-refractivity contribution in [2.75, 3.05) is 5.73 Å². The third kappa shape index (κ3) is 2.56. The van der Waals surface area contributed by atoms with Crippen LogP contribution in [0.5, 0.6) is 5.75 Å². The molecule has 0 aliphatic rings. The topological polar surface area (TPSA) is 52.3 Å². The second kappa shape index (κ2) is 4.44. The number of nitrogen functional groups attached to an aromatic ring is 1. The molecule has 0 aliphatic heterocycles. The number of ketones is 1. The van der Waals surface area contributed by atoms with Crippen LogP contribution in [0.2, 0.25) is 5.02 Å². The fourth-order valence-corrected chi connectivity index (χ4v) is 1.34. The fraction of sp³-hybridized carbons (Fsp3) is 0.222. The maximum Gasteiger partial charge on any atom is 0.387 e. The molecule has 0 saturated heterocycles. The quantitative estimate of drug-likeness (QED) is 0.647. The predicted molar refractivity (Wildman–Crippen MR) is 52.5 cm³/mol. The van der Waals surface area contributed by atoms with Gasteiger partial charge < -0.3 is 10.5 Å². The Morgan fingerprint density at radius 3 is 2.60 bits per heavy atom. The summed E-state index contributed by atoms with van der Waals surface area (Å²) in [4.78, 5) is 11.0. The lowest BCUT2D eigenvalue weighted by atomic mass is 10.1. The smallest absolute Gasteiger partial charge is 0.387 e. The SMILES string of the molecule is CC(=O)c1ccc(OC(F)F)c(N)c1Cl. The Morgan fingerprint density at radius 2 is 2.13 bits per heavy atom. The Kier molecular flexibility index (Phi) is 3.47. The van der Waals surface area contributed by atoms with E-state index in [1.165, 1.54) is 19.1 Å². The predicted octanol–water partition coefficient (Wildman–Crippen LogP) is 2.73. The molecule has 6 heteroatoms. The Labute approximate surface area is 89.8 Å². The standard InChI is InChI=1S/C9H8ClF2NO2/c1-4(14)5-2-3-6(15-9(11)12)8(13)7(5)10/h2-3,9H,13H2,1H3. The highest BCUT2D eigenvalue weighted by Gasteiger charge is 2.15. The zero-order chi connectivity index (χ0) is 11.6. The monoisotopic (exact) mass is 235 g/mol. The van der Waals surface area contributed by atoms with Crippen LogP contribution in [0.1, 0.15) is 17.3 Å². The first-order chi connectivity index (χ1) is 6.93. The van der Waals surface area contributed by atoms with E-state index in [0.29, 0.717) is 0 Å². The van der Waals surface area contributed by atoms with Crippen molar-refractivity contribution in [1.29, 1.82) is 0 Å². The Morgan fingerprint density at radius 1 is 1.53 bits per heavy atom. The van der Waals surface area contributed by atoms with E-state index in [9.17, 15) is 13.6 Å². The minimum Gasteiger partial charge on any atom is -0.433 e. The van der Waals surface area contributed by atoms with Crippen LogP contribution < -0.4 is 10.5 Å². The van der Waals surface area contributed by atoms with E-state index < -0.39 is 6.61 Å². The average molecular weight is 236 g/mol. The first-order valence-electron chi connectivity index (χ1n) is 3.97. The highest BCUT2D eigenvalue weighted by Crippen LogP contribution is 2.33. The molecule has 1 aromatic carbocycles. The summed E-state index contributed by atoms with van der Waals surface area (Å²) in [5.41, 5.74) is 5.44. The molecular weight excluding hydrogens is 228 g/mol. The number of rotatable bonds is 3. The molecule has 0 fully saturated rings. The summed E-state index contributed by atoms with van der Waals surface area (Å²) in [6, 6.07) is 2.48. The molecule has 1 aromatic rings. The molecule has 0 atom stereocenters. The first kappa shape index (κ1) is 11.7. The van der Waals surface area contributed by atoms with Crippen molar-refractivity contribution in [1.82, 2.24) is 0 Å². The Balaban J connectivity index is 3.15. The van der Waals surface area contributed by atoms with Crippen molar-refractivity contribution >= 4 is 23.1 Å². The van der Waals surface area contributed by atoms with Crippen LogP contribution in [-0.2, 0) is 0 Å². The third-order valence-electron chi connectivity index (χ3n) is 1.74. The van der Waals surface area contributed by atoms with E-state index in [-0.39, 0.29) is 27.8 Å². The van der Waals surface area contributed by atoms with Gasteiger partial charge in [0, 0.05) is 5.56 Å². The van der Waals surface area contributed by atoms with E-state index in [2.05, 4.69) is 4.74 Å². The highest BCUT2D eigenvalue weighted by molar-refractivity contribution is 6.36. The van der Waals surface area contributed by atoms with Crippen LogP contribution in [0.3, 0.4) is 0 Å². The van der Waals surface area contributed by atoms with Crippen LogP contribution >= 0.6 is 11.6 Å². The molecule has 82 valence electrons. The molecular formula is C9H8ClF2NO2. The number of hydrogen-bond acceptors (Lipinski definition) is 3. The van der Waals surface area contributed by atoms with Gasteiger partial charge in [0.25, 0.3) is 0 Å². The lowest BCUT2D eigenvalue weighted by Crippen LogP contribution is -2.06. The van der Waals surface area contributed by atoms with Crippen molar-refractivity contribution < 1.29 is 18.3 Å². The number of halogens is 3. The van der Waals surface area contributed by atoms with Crippen LogP contribution in [0.4, 0.5) is 14.5 Å². The molecule has 0 radical (unpaired) electrons. The van der Waals surface area contributed by atoms with Gasteiger partial charge in [-0.2, -0.15) is 8.78 Å². The highest BCUT2D eigenvalue weighted by atomic mass is 35.5. The average Bonchev–Trinajstić information content (AvgIpc) is 2.12. The molecule has 2 N–H and O–H groups in total. The lowest BCUT2D eigenvalue weighted by molar-refractivity contribution is -0.0493. The van der Waals surface area contributed by atoms with Crippen LogP contribution in [0.15, 0.2) is 12.1 Å². The van der Waals surface area contributed by atoms with E-state index in [1.54, 1.807) is 0 Å². The number of alkyl halides is 2. The van der Waals surface area contributed by atoms with Crippen LogP contribution in [0.25, 0.3) is 0 Å². The molecule has 0 spiro atoms.